The lowest BCUT2D eigenvalue weighted by Gasteiger charge is -2.37. The number of phenolic OH excluding ortho intramolecular Hbond substituents is 1. The highest BCUT2D eigenvalue weighted by atomic mass is 35.5. The molecule has 2 aromatic rings. The number of halogens is 1. The van der Waals surface area contributed by atoms with E-state index in [4.69, 9.17) is 16.3 Å². The second-order valence-electron chi connectivity index (χ2n) is 8.55. The quantitative estimate of drug-likeness (QED) is 0.744. The van der Waals surface area contributed by atoms with Crippen LogP contribution in [0.1, 0.15) is 50.0 Å². The topological polar surface area (TPSA) is 70.0 Å². The van der Waals surface area contributed by atoms with E-state index in [1.807, 2.05) is 26.8 Å². The number of aromatic hydroxyl groups is 1. The van der Waals surface area contributed by atoms with E-state index in [-0.39, 0.29) is 18.3 Å². The lowest BCUT2D eigenvalue weighted by molar-refractivity contribution is 0.00195. The Morgan fingerprint density at radius 1 is 1.21 bits per heavy atom. The van der Waals surface area contributed by atoms with Gasteiger partial charge in [-0.05, 0) is 81.0 Å². The lowest BCUT2D eigenvalue weighted by Crippen LogP contribution is -2.47. The van der Waals surface area contributed by atoms with Crippen LogP contribution in [0.5, 0.6) is 5.75 Å². The first-order valence-corrected chi connectivity index (χ1v) is 10.2. The molecule has 0 saturated heterocycles. The van der Waals surface area contributed by atoms with Crippen LogP contribution in [-0.4, -0.2) is 39.4 Å². The standard InChI is InChI=1S/C23H28ClNO4/c1-23(2,3)29-22(28)25(14-21(27)16-4-8-18(24)9-5-16)19-10-6-15-7-11-20(26)13-17(15)12-19/h4-5,7-9,11,13,19,21,26-27H,6,10,12,14H2,1-3H3. The normalized spacial score (nSPS) is 17.3. The second-order valence-corrected chi connectivity index (χ2v) is 8.99. The molecule has 0 spiro atoms. The van der Waals surface area contributed by atoms with Crippen molar-refractivity contribution < 1.29 is 19.7 Å². The van der Waals surface area contributed by atoms with E-state index < -0.39 is 17.8 Å². The number of aryl methyl sites for hydroxylation is 1. The third-order valence-corrected chi connectivity index (χ3v) is 5.34. The molecule has 2 N–H and O–H groups in total. The van der Waals surface area contributed by atoms with Gasteiger partial charge in [-0.25, -0.2) is 4.79 Å². The number of fused-ring (bicyclic) bond motifs is 1. The van der Waals surface area contributed by atoms with Crippen molar-refractivity contribution in [2.75, 3.05) is 6.54 Å². The van der Waals surface area contributed by atoms with Crippen molar-refractivity contribution in [3.8, 4) is 5.75 Å². The van der Waals surface area contributed by atoms with Crippen molar-refractivity contribution in [3.63, 3.8) is 0 Å². The Kier molecular flexibility index (Phi) is 6.39. The smallest absolute Gasteiger partial charge is 0.410 e. The van der Waals surface area contributed by atoms with Gasteiger partial charge < -0.3 is 19.8 Å². The summed E-state index contributed by atoms with van der Waals surface area (Å²) in [6.07, 6.45) is 0.876. The van der Waals surface area contributed by atoms with Crippen molar-refractivity contribution >= 4 is 17.7 Å². The number of aliphatic hydroxyl groups is 1. The number of hydrogen-bond donors (Lipinski definition) is 2. The van der Waals surface area contributed by atoms with E-state index in [2.05, 4.69) is 0 Å². The van der Waals surface area contributed by atoms with Crippen molar-refractivity contribution in [2.24, 2.45) is 0 Å². The molecule has 0 fully saturated rings. The fourth-order valence-corrected chi connectivity index (χ4v) is 3.79. The second kappa shape index (κ2) is 8.64. The Labute approximate surface area is 176 Å². The number of ether oxygens (including phenoxy) is 1. The molecule has 0 aliphatic heterocycles. The third kappa shape index (κ3) is 5.64. The zero-order valence-corrected chi connectivity index (χ0v) is 17.8. The van der Waals surface area contributed by atoms with E-state index >= 15 is 0 Å². The van der Waals surface area contributed by atoms with Crippen LogP contribution >= 0.6 is 11.6 Å². The maximum absolute atomic E-state index is 13.0. The minimum atomic E-state index is -0.856. The van der Waals surface area contributed by atoms with Gasteiger partial charge in [-0.2, -0.15) is 0 Å². The van der Waals surface area contributed by atoms with E-state index in [1.54, 1.807) is 41.3 Å². The largest absolute Gasteiger partial charge is 0.508 e. The summed E-state index contributed by atoms with van der Waals surface area (Å²) in [7, 11) is 0. The van der Waals surface area contributed by atoms with Gasteiger partial charge in [0.15, 0.2) is 0 Å². The van der Waals surface area contributed by atoms with Gasteiger partial charge in [-0.3, -0.25) is 0 Å². The molecule has 156 valence electrons. The van der Waals surface area contributed by atoms with Crippen LogP contribution in [-0.2, 0) is 17.6 Å². The van der Waals surface area contributed by atoms with Crippen LogP contribution in [0.2, 0.25) is 5.02 Å². The average Bonchev–Trinajstić information content (AvgIpc) is 2.64. The number of aliphatic hydroxyl groups excluding tert-OH is 1. The molecule has 3 rings (SSSR count). The summed E-state index contributed by atoms with van der Waals surface area (Å²) in [6, 6.07) is 12.2. The molecule has 5 nitrogen and oxygen atoms in total. The molecular formula is C23H28ClNO4. The molecule has 1 aliphatic rings. The van der Waals surface area contributed by atoms with Crippen LogP contribution in [0, 0.1) is 0 Å². The average molecular weight is 418 g/mol. The zero-order chi connectivity index (χ0) is 21.2. The summed E-state index contributed by atoms with van der Waals surface area (Å²) in [5.74, 6) is 0.217. The number of carbonyl (C=O) groups excluding carboxylic acids is 1. The highest BCUT2D eigenvalue weighted by Gasteiger charge is 2.32. The minimum Gasteiger partial charge on any atom is -0.508 e. The van der Waals surface area contributed by atoms with Crippen molar-refractivity contribution in [1.29, 1.82) is 0 Å². The highest BCUT2D eigenvalue weighted by molar-refractivity contribution is 6.30. The van der Waals surface area contributed by atoms with Gasteiger partial charge in [-0.1, -0.05) is 29.8 Å². The summed E-state index contributed by atoms with van der Waals surface area (Å²) >= 11 is 5.94. The first kappa shape index (κ1) is 21.5. The Morgan fingerprint density at radius 3 is 2.55 bits per heavy atom. The molecule has 1 amide bonds. The van der Waals surface area contributed by atoms with Gasteiger partial charge in [0, 0.05) is 11.1 Å². The van der Waals surface area contributed by atoms with Crippen LogP contribution < -0.4 is 0 Å². The molecule has 6 heteroatoms. The van der Waals surface area contributed by atoms with Gasteiger partial charge in [0.25, 0.3) is 0 Å². The number of amides is 1. The predicted molar refractivity (Wildman–Crippen MR) is 113 cm³/mol. The number of benzene rings is 2. The van der Waals surface area contributed by atoms with Crippen LogP contribution in [0.4, 0.5) is 4.79 Å². The predicted octanol–water partition coefficient (Wildman–Crippen LogP) is 4.87. The van der Waals surface area contributed by atoms with Gasteiger partial charge >= 0.3 is 6.09 Å². The molecule has 2 aromatic carbocycles. The number of carbonyl (C=O) groups is 1. The summed E-state index contributed by atoms with van der Waals surface area (Å²) in [6.45, 7) is 5.60. The van der Waals surface area contributed by atoms with E-state index in [0.717, 1.165) is 18.4 Å². The number of nitrogens with zero attached hydrogens (tertiary/aromatic N) is 1. The molecule has 1 aliphatic carbocycles. The van der Waals surface area contributed by atoms with E-state index in [9.17, 15) is 15.0 Å². The molecule has 0 heterocycles. The molecule has 29 heavy (non-hydrogen) atoms. The van der Waals surface area contributed by atoms with Crippen LogP contribution in [0.15, 0.2) is 42.5 Å². The van der Waals surface area contributed by atoms with Crippen LogP contribution in [0.3, 0.4) is 0 Å². The number of rotatable bonds is 4. The maximum Gasteiger partial charge on any atom is 0.410 e. The Hall–Kier alpha value is -2.24. The van der Waals surface area contributed by atoms with Crippen molar-refractivity contribution in [2.45, 2.75) is 57.8 Å². The number of phenols is 1. The maximum atomic E-state index is 13.0. The van der Waals surface area contributed by atoms with Gasteiger partial charge in [0.2, 0.25) is 0 Å². The van der Waals surface area contributed by atoms with E-state index in [0.29, 0.717) is 17.0 Å². The summed E-state index contributed by atoms with van der Waals surface area (Å²) in [5.41, 5.74) is 2.26. The Bertz CT molecular complexity index is 860. The molecule has 2 unspecified atom stereocenters. The van der Waals surface area contributed by atoms with Crippen molar-refractivity contribution in [3.05, 3.63) is 64.2 Å². The lowest BCUT2D eigenvalue weighted by atomic mass is 9.87. The zero-order valence-electron chi connectivity index (χ0n) is 17.1. The SMILES string of the molecule is CC(C)(C)OC(=O)N(CC(O)c1ccc(Cl)cc1)C1CCc2ccc(O)cc2C1. The molecule has 0 bridgehead atoms. The summed E-state index contributed by atoms with van der Waals surface area (Å²) < 4.78 is 5.63. The molecule has 0 aromatic heterocycles. The highest BCUT2D eigenvalue weighted by Crippen LogP contribution is 2.30. The summed E-state index contributed by atoms with van der Waals surface area (Å²) in [4.78, 5) is 14.6. The Balaban J connectivity index is 1.83. The molecule has 0 radical (unpaired) electrons. The minimum absolute atomic E-state index is 0.120. The van der Waals surface area contributed by atoms with E-state index in [1.165, 1.54) is 5.56 Å². The third-order valence-electron chi connectivity index (χ3n) is 5.09. The number of hydrogen-bond acceptors (Lipinski definition) is 4. The molecule has 0 saturated carbocycles. The fourth-order valence-electron chi connectivity index (χ4n) is 3.66. The summed E-state index contributed by atoms with van der Waals surface area (Å²) in [5, 5.41) is 21.2. The fraction of sp³-hybridized carbons (Fsp3) is 0.435. The Morgan fingerprint density at radius 2 is 1.90 bits per heavy atom. The van der Waals surface area contributed by atoms with Gasteiger partial charge in [-0.15, -0.1) is 0 Å². The van der Waals surface area contributed by atoms with Gasteiger partial charge in [0.1, 0.15) is 11.4 Å². The first-order chi connectivity index (χ1) is 13.6. The molecule has 2 atom stereocenters. The van der Waals surface area contributed by atoms with Crippen molar-refractivity contribution in [1.82, 2.24) is 4.90 Å². The van der Waals surface area contributed by atoms with Gasteiger partial charge in [0.05, 0.1) is 12.6 Å². The monoisotopic (exact) mass is 417 g/mol. The molecular weight excluding hydrogens is 390 g/mol. The van der Waals surface area contributed by atoms with Crippen LogP contribution in [0.25, 0.3) is 0 Å². The first-order valence-electron chi connectivity index (χ1n) is 9.86.